The van der Waals surface area contributed by atoms with Gasteiger partial charge >= 0.3 is 0 Å². The van der Waals surface area contributed by atoms with Crippen LogP contribution in [0.15, 0.2) is 176 Å². The van der Waals surface area contributed by atoms with Crippen LogP contribution in [0.5, 0.6) is 0 Å². The lowest BCUT2D eigenvalue weighted by Gasteiger charge is -2.31. The topological polar surface area (TPSA) is 3.24 Å². The Bertz CT molecular complexity index is 2710. The molecule has 1 nitrogen and oxygen atoms in total. The molecule has 0 spiro atoms. The van der Waals surface area contributed by atoms with Crippen LogP contribution in [-0.4, -0.2) is 0 Å². The van der Waals surface area contributed by atoms with Crippen molar-refractivity contribution in [3.05, 3.63) is 198 Å². The average molecular weight is 680 g/mol. The molecule has 2 aliphatic rings. The third-order valence-corrected chi connectivity index (χ3v) is 12.1. The largest absolute Gasteiger partial charge is 0.309 e. The van der Waals surface area contributed by atoms with Crippen molar-refractivity contribution >= 4 is 27.8 Å². The third-order valence-electron chi connectivity index (χ3n) is 12.1. The first-order valence-electron chi connectivity index (χ1n) is 18.8. The highest BCUT2D eigenvalue weighted by atomic mass is 15.1. The molecule has 0 amide bonds. The van der Waals surface area contributed by atoms with E-state index in [1.165, 1.54) is 83.2 Å². The summed E-state index contributed by atoms with van der Waals surface area (Å²) < 4.78 is 0. The minimum atomic E-state index is -0.115. The number of nitrogens with zero attached hydrogens (tertiary/aromatic N) is 1. The summed E-state index contributed by atoms with van der Waals surface area (Å²) in [5.74, 6) is 0. The smallest absolute Gasteiger partial charge is 0.0618 e. The molecule has 0 fully saturated rings. The Labute approximate surface area is 312 Å². The van der Waals surface area contributed by atoms with E-state index in [1.54, 1.807) is 0 Å². The molecule has 0 aliphatic heterocycles. The predicted molar refractivity (Wildman–Crippen MR) is 225 cm³/mol. The number of rotatable bonds is 5. The van der Waals surface area contributed by atoms with Gasteiger partial charge in [0.1, 0.15) is 0 Å². The first-order chi connectivity index (χ1) is 25.8. The zero-order chi connectivity index (χ0) is 35.9. The molecule has 0 bridgehead atoms. The zero-order valence-electron chi connectivity index (χ0n) is 30.7. The third kappa shape index (κ3) is 4.70. The van der Waals surface area contributed by atoms with E-state index in [2.05, 4.69) is 209 Å². The molecule has 8 aromatic carbocycles. The molecular weight excluding hydrogens is 639 g/mol. The Morgan fingerprint density at radius 1 is 0.358 bits per heavy atom. The Morgan fingerprint density at radius 3 is 1.68 bits per heavy atom. The van der Waals surface area contributed by atoms with Gasteiger partial charge in [-0.1, -0.05) is 179 Å². The molecule has 0 saturated heterocycles. The molecule has 254 valence electrons. The van der Waals surface area contributed by atoms with Crippen molar-refractivity contribution in [2.75, 3.05) is 4.90 Å². The number of hydrogen-bond donors (Lipinski definition) is 0. The highest BCUT2D eigenvalue weighted by Gasteiger charge is 2.38. The van der Waals surface area contributed by atoms with Crippen LogP contribution in [0.2, 0.25) is 0 Å². The van der Waals surface area contributed by atoms with Crippen molar-refractivity contribution in [3.63, 3.8) is 0 Å². The highest BCUT2D eigenvalue weighted by Crippen LogP contribution is 2.54. The molecule has 53 heavy (non-hydrogen) atoms. The molecule has 10 rings (SSSR count). The normalized spacial score (nSPS) is 14.3. The first-order valence-corrected chi connectivity index (χ1v) is 18.8. The average Bonchev–Trinajstić information content (AvgIpc) is 3.58. The van der Waals surface area contributed by atoms with E-state index in [-0.39, 0.29) is 10.8 Å². The van der Waals surface area contributed by atoms with Crippen molar-refractivity contribution in [2.24, 2.45) is 0 Å². The molecule has 8 aromatic rings. The fourth-order valence-corrected chi connectivity index (χ4v) is 9.46. The van der Waals surface area contributed by atoms with Gasteiger partial charge in [0.25, 0.3) is 0 Å². The number of hydrogen-bond acceptors (Lipinski definition) is 1. The van der Waals surface area contributed by atoms with Gasteiger partial charge < -0.3 is 4.90 Å². The SMILES string of the molecule is CC1(C)c2ccccc2-c2ccc(N(c3ccc(-c4cccc5c4C(C)(C)c4ccccc4-5)cc3)c3c(-c4ccccc4)ccc4ccccc34)cc21. The maximum absolute atomic E-state index is 2.50. The van der Waals surface area contributed by atoms with Crippen molar-refractivity contribution < 1.29 is 0 Å². The summed E-state index contributed by atoms with van der Waals surface area (Å²) in [6.07, 6.45) is 0. The van der Waals surface area contributed by atoms with E-state index in [0.717, 1.165) is 11.4 Å². The van der Waals surface area contributed by atoms with Crippen molar-refractivity contribution in [3.8, 4) is 44.5 Å². The minimum absolute atomic E-state index is 0.0877. The van der Waals surface area contributed by atoms with Crippen LogP contribution in [0.25, 0.3) is 55.3 Å². The van der Waals surface area contributed by atoms with Gasteiger partial charge in [0.05, 0.1) is 5.69 Å². The van der Waals surface area contributed by atoms with Crippen LogP contribution < -0.4 is 4.90 Å². The van der Waals surface area contributed by atoms with E-state index >= 15 is 0 Å². The quantitative estimate of drug-likeness (QED) is 0.175. The molecular formula is C52H41N. The van der Waals surface area contributed by atoms with Crippen molar-refractivity contribution in [2.45, 2.75) is 38.5 Å². The maximum Gasteiger partial charge on any atom is 0.0618 e. The lowest BCUT2D eigenvalue weighted by molar-refractivity contribution is 0.660. The lowest BCUT2D eigenvalue weighted by atomic mass is 9.79. The Balaban J connectivity index is 1.19. The first kappa shape index (κ1) is 31.5. The second-order valence-electron chi connectivity index (χ2n) is 15.7. The van der Waals surface area contributed by atoms with Crippen molar-refractivity contribution in [1.82, 2.24) is 0 Å². The van der Waals surface area contributed by atoms with Gasteiger partial charge in [-0.15, -0.1) is 0 Å². The number of fused-ring (bicyclic) bond motifs is 7. The number of anilines is 3. The van der Waals surface area contributed by atoms with Gasteiger partial charge in [-0.25, -0.2) is 0 Å². The summed E-state index contributed by atoms with van der Waals surface area (Å²) in [4.78, 5) is 2.50. The van der Waals surface area contributed by atoms with Crippen LogP contribution in [0.1, 0.15) is 49.9 Å². The second-order valence-corrected chi connectivity index (χ2v) is 15.7. The zero-order valence-corrected chi connectivity index (χ0v) is 30.7. The van der Waals surface area contributed by atoms with Crippen LogP contribution >= 0.6 is 0 Å². The molecule has 0 unspecified atom stereocenters. The molecule has 0 atom stereocenters. The monoisotopic (exact) mass is 679 g/mol. The molecule has 0 saturated carbocycles. The molecule has 0 aromatic heterocycles. The van der Waals surface area contributed by atoms with Gasteiger partial charge in [0.15, 0.2) is 0 Å². The second kappa shape index (κ2) is 11.7. The summed E-state index contributed by atoms with van der Waals surface area (Å²) >= 11 is 0. The summed E-state index contributed by atoms with van der Waals surface area (Å²) in [6.45, 7) is 9.48. The van der Waals surface area contributed by atoms with E-state index in [1.807, 2.05) is 0 Å². The maximum atomic E-state index is 2.50. The van der Waals surface area contributed by atoms with Crippen molar-refractivity contribution in [1.29, 1.82) is 0 Å². The van der Waals surface area contributed by atoms with Crippen LogP contribution in [0.4, 0.5) is 17.1 Å². The minimum Gasteiger partial charge on any atom is -0.309 e. The summed E-state index contributed by atoms with van der Waals surface area (Å²) in [6, 6.07) is 65.3. The Hall–Kier alpha value is -6.18. The molecule has 2 aliphatic carbocycles. The predicted octanol–water partition coefficient (Wildman–Crippen LogP) is 14.3. The van der Waals surface area contributed by atoms with E-state index < -0.39 is 0 Å². The van der Waals surface area contributed by atoms with Gasteiger partial charge in [-0.3, -0.25) is 0 Å². The molecule has 0 radical (unpaired) electrons. The fraction of sp³-hybridized carbons (Fsp3) is 0.115. The number of benzene rings is 8. The summed E-state index contributed by atoms with van der Waals surface area (Å²) in [7, 11) is 0. The molecule has 0 N–H and O–H groups in total. The van der Waals surface area contributed by atoms with Gasteiger partial charge in [-0.05, 0) is 90.8 Å². The van der Waals surface area contributed by atoms with Gasteiger partial charge in [-0.2, -0.15) is 0 Å². The van der Waals surface area contributed by atoms with E-state index in [4.69, 9.17) is 0 Å². The highest BCUT2D eigenvalue weighted by molar-refractivity contribution is 6.06. The van der Waals surface area contributed by atoms with Gasteiger partial charge in [0.2, 0.25) is 0 Å². The molecule has 1 heteroatoms. The lowest BCUT2D eigenvalue weighted by Crippen LogP contribution is -2.17. The van der Waals surface area contributed by atoms with Gasteiger partial charge in [0, 0.05) is 33.2 Å². The van der Waals surface area contributed by atoms with E-state index in [0.29, 0.717) is 0 Å². The fourth-order valence-electron chi connectivity index (χ4n) is 9.46. The summed E-state index contributed by atoms with van der Waals surface area (Å²) in [5.41, 5.74) is 19.1. The Morgan fingerprint density at radius 2 is 0.906 bits per heavy atom. The van der Waals surface area contributed by atoms with Crippen LogP contribution in [0.3, 0.4) is 0 Å². The molecule has 0 heterocycles. The summed E-state index contributed by atoms with van der Waals surface area (Å²) in [5, 5.41) is 2.45. The van der Waals surface area contributed by atoms with Crippen LogP contribution in [0, 0.1) is 0 Å². The van der Waals surface area contributed by atoms with Crippen LogP contribution in [-0.2, 0) is 10.8 Å². The van der Waals surface area contributed by atoms with E-state index in [9.17, 15) is 0 Å². The standard InChI is InChI=1S/C52H41N/c1-51(2)46-23-12-10-19-42(46)44-32-30-38(33-48(44)51)53(50-40-18-9-8-17-35(40)27-31-41(50)34-15-6-5-7-16-34)37-28-25-36(26-29-37)39-21-14-22-45-43-20-11-13-24-47(43)52(3,4)49(39)45/h5-33H,1-4H3. The Kier molecular flexibility index (Phi) is 6.94.